The van der Waals surface area contributed by atoms with E-state index in [2.05, 4.69) is 34.0 Å². The van der Waals surface area contributed by atoms with Gasteiger partial charge in [0.2, 0.25) is 0 Å². The standard InChI is InChI=1S/C14H17N3O/c1-16-7-12-3-2-11(16)8-17(12)10-4-5-14-13(6-10)15-9-18-14/h4-6,9,11-12H,2-3,7-8H2,1H3. The summed E-state index contributed by atoms with van der Waals surface area (Å²) in [4.78, 5) is 9.29. The van der Waals surface area contributed by atoms with E-state index in [1.165, 1.54) is 31.5 Å². The van der Waals surface area contributed by atoms with Crippen molar-refractivity contribution in [2.75, 3.05) is 25.0 Å². The molecule has 4 heteroatoms. The summed E-state index contributed by atoms with van der Waals surface area (Å²) in [5.41, 5.74) is 3.12. The van der Waals surface area contributed by atoms with Crippen molar-refractivity contribution in [1.29, 1.82) is 0 Å². The number of hydrogen-bond donors (Lipinski definition) is 0. The minimum absolute atomic E-state index is 0.657. The molecular formula is C14H17N3O. The number of piperazine rings is 1. The number of anilines is 1. The van der Waals surface area contributed by atoms with Gasteiger partial charge in [-0.3, -0.25) is 4.90 Å². The number of rotatable bonds is 1. The largest absolute Gasteiger partial charge is 0.443 e. The van der Waals surface area contributed by atoms with Gasteiger partial charge in [0, 0.05) is 30.9 Å². The molecule has 5 rings (SSSR count). The van der Waals surface area contributed by atoms with Crippen LogP contribution in [0.15, 0.2) is 29.0 Å². The van der Waals surface area contributed by atoms with Crippen molar-refractivity contribution in [3.63, 3.8) is 0 Å². The second kappa shape index (κ2) is 3.72. The molecule has 1 aromatic heterocycles. The molecule has 4 heterocycles. The molecule has 3 fully saturated rings. The highest BCUT2D eigenvalue weighted by atomic mass is 16.3. The van der Waals surface area contributed by atoms with Crippen molar-refractivity contribution in [2.24, 2.45) is 0 Å². The number of fused-ring (bicyclic) bond motifs is 4. The lowest BCUT2D eigenvalue weighted by Gasteiger charge is -2.51. The van der Waals surface area contributed by atoms with E-state index in [9.17, 15) is 0 Å². The van der Waals surface area contributed by atoms with E-state index in [-0.39, 0.29) is 0 Å². The molecule has 18 heavy (non-hydrogen) atoms. The van der Waals surface area contributed by atoms with Gasteiger partial charge in [-0.2, -0.15) is 0 Å². The minimum Gasteiger partial charge on any atom is -0.443 e. The molecule has 1 aromatic carbocycles. The number of benzene rings is 1. The SMILES string of the molecule is CN1CC2CCC1CN2c1ccc2ocnc2c1. The molecule has 3 aliphatic rings. The first-order chi connectivity index (χ1) is 8.81. The third-order valence-electron chi connectivity index (χ3n) is 4.45. The summed E-state index contributed by atoms with van der Waals surface area (Å²) in [5.74, 6) is 0. The lowest BCUT2D eigenvalue weighted by atomic mass is 9.91. The summed E-state index contributed by atoms with van der Waals surface area (Å²) in [6.45, 7) is 2.33. The van der Waals surface area contributed by atoms with Crippen LogP contribution in [0.5, 0.6) is 0 Å². The molecule has 3 aliphatic heterocycles. The van der Waals surface area contributed by atoms with Gasteiger partial charge in [0.1, 0.15) is 5.52 Å². The number of aromatic nitrogens is 1. The first-order valence-electron chi connectivity index (χ1n) is 6.61. The number of piperidine rings is 2. The Morgan fingerprint density at radius 1 is 1.22 bits per heavy atom. The molecule has 2 unspecified atom stereocenters. The molecule has 94 valence electrons. The highest BCUT2D eigenvalue weighted by molar-refractivity contribution is 5.77. The number of likely N-dealkylation sites (N-methyl/N-ethyl adjacent to an activating group) is 1. The van der Waals surface area contributed by atoms with E-state index in [4.69, 9.17) is 4.42 Å². The summed E-state index contributed by atoms with van der Waals surface area (Å²) in [7, 11) is 2.25. The van der Waals surface area contributed by atoms with Crippen LogP contribution in [0.25, 0.3) is 11.1 Å². The summed E-state index contributed by atoms with van der Waals surface area (Å²) in [5, 5.41) is 0. The second-order valence-corrected chi connectivity index (χ2v) is 5.48. The van der Waals surface area contributed by atoms with E-state index in [1.807, 2.05) is 6.07 Å². The fourth-order valence-corrected chi connectivity index (χ4v) is 3.38. The van der Waals surface area contributed by atoms with E-state index < -0.39 is 0 Å². The van der Waals surface area contributed by atoms with Crippen LogP contribution in [0, 0.1) is 0 Å². The zero-order valence-corrected chi connectivity index (χ0v) is 10.5. The molecule has 2 bridgehead atoms. The fourth-order valence-electron chi connectivity index (χ4n) is 3.38. The molecule has 2 atom stereocenters. The monoisotopic (exact) mass is 243 g/mol. The van der Waals surface area contributed by atoms with Gasteiger partial charge in [-0.1, -0.05) is 0 Å². The van der Waals surface area contributed by atoms with Gasteiger partial charge in [-0.15, -0.1) is 0 Å². The molecule has 0 aliphatic carbocycles. The maximum atomic E-state index is 5.30. The van der Waals surface area contributed by atoms with Crippen LogP contribution in [-0.2, 0) is 0 Å². The molecular weight excluding hydrogens is 226 g/mol. The van der Waals surface area contributed by atoms with Gasteiger partial charge in [-0.05, 0) is 38.1 Å². The molecule has 0 amide bonds. The number of oxazole rings is 1. The van der Waals surface area contributed by atoms with Crippen LogP contribution in [-0.4, -0.2) is 42.1 Å². The first kappa shape index (κ1) is 10.4. The van der Waals surface area contributed by atoms with Gasteiger partial charge in [0.25, 0.3) is 0 Å². The Morgan fingerprint density at radius 3 is 2.89 bits per heavy atom. The normalized spacial score (nSPS) is 28.2. The molecule has 4 nitrogen and oxygen atoms in total. The Hall–Kier alpha value is -1.55. The minimum atomic E-state index is 0.657. The van der Waals surface area contributed by atoms with E-state index >= 15 is 0 Å². The Morgan fingerprint density at radius 2 is 2.11 bits per heavy atom. The summed E-state index contributed by atoms with van der Waals surface area (Å²) < 4.78 is 5.30. The maximum Gasteiger partial charge on any atom is 0.181 e. The molecule has 2 aromatic rings. The van der Waals surface area contributed by atoms with Crippen LogP contribution in [0.1, 0.15) is 12.8 Å². The topological polar surface area (TPSA) is 32.5 Å². The quantitative estimate of drug-likeness (QED) is 0.768. The maximum absolute atomic E-state index is 5.30. The third-order valence-corrected chi connectivity index (χ3v) is 4.45. The zero-order valence-electron chi connectivity index (χ0n) is 10.5. The van der Waals surface area contributed by atoms with Crippen molar-refractivity contribution in [3.05, 3.63) is 24.6 Å². The summed E-state index contributed by atoms with van der Waals surface area (Å²) in [6.07, 6.45) is 4.17. The molecule has 0 N–H and O–H groups in total. The lowest BCUT2D eigenvalue weighted by Crippen LogP contribution is -2.61. The van der Waals surface area contributed by atoms with Gasteiger partial charge >= 0.3 is 0 Å². The predicted molar refractivity (Wildman–Crippen MR) is 70.8 cm³/mol. The van der Waals surface area contributed by atoms with Crippen LogP contribution >= 0.6 is 0 Å². The Bertz CT molecular complexity index is 579. The van der Waals surface area contributed by atoms with Gasteiger partial charge in [0.05, 0.1) is 0 Å². The highest BCUT2D eigenvalue weighted by Gasteiger charge is 2.37. The molecule has 3 saturated heterocycles. The predicted octanol–water partition coefficient (Wildman–Crippen LogP) is 2.11. The average Bonchev–Trinajstić information content (AvgIpc) is 2.86. The van der Waals surface area contributed by atoms with Crippen molar-refractivity contribution < 1.29 is 4.42 Å². The van der Waals surface area contributed by atoms with Crippen LogP contribution < -0.4 is 4.90 Å². The molecule has 0 saturated carbocycles. The average molecular weight is 243 g/mol. The Kier molecular flexibility index (Phi) is 2.14. The van der Waals surface area contributed by atoms with Crippen molar-refractivity contribution in [2.45, 2.75) is 24.9 Å². The molecule has 0 radical (unpaired) electrons. The fraction of sp³-hybridized carbons (Fsp3) is 0.500. The van der Waals surface area contributed by atoms with E-state index in [0.717, 1.165) is 17.6 Å². The zero-order chi connectivity index (χ0) is 12.1. The van der Waals surface area contributed by atoms with E-state index in [0.29, 0.717) is 12.1 Å². The summed E-state index contributed by atoms with van der Waals surface area (Å²) >= 11 is 0. The Labute approximate surface area is 106 Å². The third kappa shape index (κ3) is 1.45. The van der Waals surface area contributed by atoms with Gasteiger partial charge in [-0.25, -0.2) is 4.98 Å². The smallest absolute Gasteiger partial charge is 0.181 e. The Balaban J connectivity index is 1.70. The van der Waals surface area contributed by atoms with Gasteiger partial charge in [0.15, 0.2) is 12.0 Å². The van der Waals surface area contributed by atoms with Crippen molar-refractivity contribution >= 4 is 16.8 Å². The first-order valence-corrected chi connectivity index (χ1v) is 6.61. The second-order valence-electron chi connectivity index (χ2n) is 5.48. The van der Waals surface area contributed by atoms with Crippen molar-refractivity contribution in [1.82, 2.24) is 9.88 Å². The van der Waals surface area contributed by atoms with Crippen molar-refractivity contribution in [3.8, 4) is 0 Å². The molecule has 0 spiro atoms. The van der Waals surface area contributed by atoms with Gasteiger partial charge < -0.3 is 9.32 Å². The van der Waals surface area contributed by atoms with Crippen LogP contribution in [0.3, 0.4) is 0 Å². The van der Waals surface area contributed by atoms with Crippen LogP contribution in [0.2, 0.25) is 0 Å². The number of nitrogens with zero attached hydrogens (tertiary/aromatic N) is 3. The number of hydrogen-bond acceptors (Lipinski definition) is 4. The van der Waals surface area contributed by atoms with E-state index in [1.54, 1.807) is 0 Å². The highest BCUT2D eigenvalue weighted by Crippen LogP contribution is 2.33. The van der Waals surface area contributed by atoms with Crippen LogP contribution in [0.4, 0.5) is 5.69 Å². The lowest BCUT2D eigenvalue weighted by molar-refractivity contribution is 0.125. The summed E-state index contributed by atoms with van der Waals surface area (Å²) in [6, 6.07) is 7.71.